The molecule has 3 N–H and O–H groups in total. The maximum Gasteiger partial charge on any atom is 0.250 e. The largest absolute Gasteiger partial charge is 0.366 e. The lowest BCUT2D eigenvalue weighted by Crippen LogP contribution is -2.12. The quantitative estimate of drug-likeness (QED) is 0.556. The van der Waals surface area contributed by atoms with Crippen LogP contribution in [0.4, 0.5) is 11.4 Å². The number of nitrogens with one attached hydrogen (secondary N) is 1. The van der Waals surface area contributed by atoms with E-state index in [2.05, 4.69) is 10.3 Å². The molecule has 4 aromatic rings. The van der Waals surface area contributed by atoms with Gasteiger partial charge in [0.25, 0.3) is 5.91 Å². The molecule has 0 fully saturated rings. The molecule has 0 aliphatic heterocycles. The molecule has 0 aliphatic carbocycles. The van der Waals surface area contributed by atoms with Crippen LogP contribution in [0.5, 0.6) is 0 Å². The van der Waals surface area contributed by atoms with Gasteiger partial charge < -0.3 is 11.1 Å². The minimum atomic E-state index is -0.478. The molecule has 3 aromatic carbocycles. The Kier molecular flexibility index (Phi) is 3.35. The highest BCUT2D eigenvalue weighted by molar-refractivity contribution is 6.14. The summed E-state index contributed by atoms with van der Waals surface area (Å²) in [7, 11) is 0. The summed E-state index contributed by atoms with van der Waals surface area (Å²) < 4.78 is 0. The topological polar surface area (TPSA) is 68.0 Å². The van der Waals surface area contributed by atoms with Crippen molar-refractivity contribution in [3.63, 3.8) is 0 Å². The molecule has 4 rings (SSSR count). The van der Waals surface area contributed by atoms with E-state index in [9.17, 15) is 4.79 Å². The zero-order valence-electron chi connectivity index (χ0n) is 12.9. The van der Waals surface area contributed by atoms with Crippen molar-refractivity contribution in [1.82, 2.24) is 4.98 Å². The third kappa shape index (κ3) is 2.34. The van der Waals surface area contributed by atoms with Crippen molar-refractivity contribution in [2.24, 2.45) is 5.73 Å². The fourth-order valence-corrected chi connectivity index (χ4v) is 2.91. The zero-order valence-corrected chi connectivity index (χ0v) is 12.9. The number of hydrogen-bond acceptors (Lipinski definition) is 3. The number of anilines is 2. The van der Waals surface area contributed by atoms with Gasteiger partial charge in [-0.1, -0.05) is 48.5 Å². The summed E-state index contributed by atoms with van der Waals surface area (Å²) in [4.78, 5) is 16.4. The molecular formula is C20H15N3O. The Balaban J connectivity index is 2.07. The first-order valence-corrected chi connectivity index (χ1v) is 7.67. The Labute approximate surface area is 138 Å². The molecule has 0 saturated heterocycles. The molecule has 1 amide bonds. The number of nitrogens with two attached hydrogens (primary N) is 1. The van der Waals surface area contributed by atoms with Gasteiger partial charge in [0, 0.05) is 16.5 Å². The standard InChI is InChI=1S/C20H15N3O/c21-20(24)16-11-6-10-15-18(22-13-7-2-1-3-8-13)14-9-4-5-12-17(14)23-19(15)16/h1-12H,(H2,21,24)(H,22,23). The van der Waals surface area contributed by atoms with E-state index in [1.165, 1.54) is 0 Å². The number of para-hydroxylation sites is 3. The third-order valence-electron chi connectivity index (χ3n) is 4.02. The van der Waals surface area contributed by atoms with Crippen molar-refractivity contribution in [3.8, 4) is 0 Å². The molecule has 0 unspecified atom stereocenters. The van der Waals surface area contributed by atoms with E-state index in [0.717, 1.165) is 27.7 Å². The second-order valence-electron chi connectivity index (χ2n) is 5.56. The van der Waals surface area contributed by atoms with E-state index in [1.807, 2.05) is 66.7 Å². The van der Waals surface area contributed by atoms with Crippen LogP contribution in [-0.2, 0) is 0 Å². The van der Waals surface area contributed by atoms with Crippen LogP contribution in [0.15, 0.2) is 72.8 Å². The summed E-state index contributed by atoms with van der Waals surface area (Å²) in [5, 5.41) is 5.33. The van der Waals surface area contributed by atoms with Gasteiger partial charge in [-0.25, -0.2) is 4.98 Å². The minimum absolute atomic E-state index is 0.425. The summed E-state index contributed by atoms with van der Waals surface area (Å²) in [5.41, 5.74) is 9.28. The average molecular weight is 313 g/mol. The van der Waals surface area contributed by atoms with Gasteiger partial charge in [0.05, 0.1) is 22.3 Å². The van der Waals surface area contributed by atoms with Gasteiger partial charge in [0.2, 0.25) is 0 Å². The molecule has 1 heterocycles. The lowest BCUT2D eigenvalue weighted by Gasteiger charge is -2.14. The predicted octanol–water partition coefficient (Wildman–Crippen LogP) is 4.23. The molecule has 0 bridgehead atoms. The maximum absolute atomic E-state index is 11.8. The molecule has 0 spiro atoms. The SMILES string of the molecule is NC(=O)c1cccc2c(Nc3ccccc3)c3ccccc3nc12. The Morgan fingerprint density at radius 2 is 1.54 bits per heavy atom. The number of primary amides is 1. The molecule has 0 radical (unpaired) electrons. The van der Waals surface area contributed by atoms with Crippen LogP contribution in [0.2, 0.25) is 0 Å². The molecule has 24 heavy (non-hydrogen) atoms. The number of benzene rings is 3. The monoisotopic (exact) mass is 313 g/mol. The van der Waals surface area contributed by atoms with Crippen LogP contribution in [0.25, 0.3) is 21.8 Å². The molecule has 116 valence electrons. The second-order valence-corrected chi connectivity index (χ2v) is 5.56. The van der Waals surface area contributed by atoms with E-state index in [0.29, 0.717) is 11.1 Å². The lowest BCUT2D eigenvalue weighted by molar-refractivity contribution is 0.100. The summed E-state index contributed by atoms with van der Waals surface area (Å²) in [6, 6.07) is 23.3. The van der Waals surface area contributed by atoms with Gasteiger partial charge in [-0.15, -0.1) is 0 Å². The number of pyridine rings is 1. The zero-order chi connectivity index (χ0) is 16.5. The summed E-state index contributed by atoms with van der Waals surface area (Å²) >= 11 is 0. The maximum atomic E-state index is 11.8. The molecule has 4 heteroatoms. The Bertz CT molecular complexity index is 1060. The smallest absolute Gasteiger partial charge is 0.250 e. The van der Waals surface area contributed by atoms with E-state index in [-0.39, 0.29) is 0 Å². The normalized spacial score (nSPS) is 10.8. The summed E-state index contributed by atoms with van der Waals surface area (Å²) in [6.07, 6.45) is 0. The molecule has 1 aromatic heterocycles. The minimum Gasteiger partial charge on any atom is -0.366 e. The fraction of sp³-hybridized carbons (Fsp3) is 0. The van der Waals surface area contributed by atoms with E-state index >= 15 is 0 Å². The third-order valence-corrected chi connectivity index (χ3v) is 4.02. The van der Waals surface area contributed by atoms with Crippen molar-refractivity contribution in [3.05, 3.63) is 78.4 Å². The number of aromatic nitrogens is 1. The molecular weight excluding hydrogens is 298 g/mol. The van der Waals surface area contributed by atoms with E-state index in [4.69, 9.17) is 5.73 Å². The predicted molar refractivity (Wildman–Crippen MR) is 97.5 cm³/mol. The molecule has 4 nitrogen and oxygen atoms in total. The van der Waals surface area contributed by atoms with Crippen molar-refractivity contribution in [2.75, 3.05) is 5.32 Å². The Hall–Kier alpha value is -3.40. The number of amides is 1. The van der Waals surface area contributed by atoms with Gasteiger partial charge in [-0.2, -0.15) is 0 Å². The van der Waals surface area contributed by atoms with Crippen LogP contribution in [0.3, 0.4) is 0 Å². The number of nitrogens with zero attached hydrogens (tertiary/aromatic N) is 1. The molecule has 0 atom stereocenters. The molecule has 0 saturated carbocycles. The van der Waals surface area contributed by atoms with Crippen LogP contribution in [0, 0.1) is 0 Å². The lowest BCUT2D eigenvalue weighted by atomic mass is 10.0. The van der Waals surface area contributed by atoms with Gasteiger partial charge >= 0.3 is 0 Å². The number of hydrogen-bond donors (Lipinski definition) is 2. The highest BCUT2D eigenvalue weighted by Crippen LogP contribution is 2.34. The van der Waals surface area contributed by atoms with Crippen LogP contribution < -0.4 is 11.1 Å². The van der Waals surface area contributed by atoms with Crippen molar-refractivity contribution in [1.29, 1.82) is 0 Å². The second kappa shape index (κ2) is 5.66. The number of fused-ring (bicyclic) bond motifs is 2. The number of carbonyl (C=O) groups excluding carboxylic acids is 1. The first-order chi connectivity index (χ1) is 11.7. The Morgan fingerprint density at radius 1 is 0.833 bits per heavy atom. The van der Waals surface area contributed by atoms with Crippen LogP contribution in [0.1, 0.15) is 10.4 Å². The van der Waals surface area contributed by atoms with Gasteiger partial charge in [-0.05, 0) is 24.3 Å². The van der Waals surface area contributed by atoms with Crippen molar-refractivity contribution < 1.29 is 4.79 Å². The van der Waals surface area contributed by atoms with Crippen molar-refractivity contribution >= 4 is 39.1 Å². The van der Waals surface area contributed by atoms with Crippen LogP contribution >= 0.6 is 0 Å². The first kappa shape index (κ1) is 14.2. The first-order valence-electron chi connectivity index (χ1n) is 7.67. The van der Waals surface area contributed by atoms with Gasteiger partial charge in [0.15, 0.2) is 0 Å². The van der Waals surface area contributed by atoms with Crippen LogP contribution in [-0.4, -0.2) is 10.9 Å². The van der Waals surface area contributed by atoms with E-state index < -0.39 is 5.91 Å². The number of carbonyl (C=O) groups is 1. The fourth-order valence-electron chi connectivity index (χ4n) is 2.91. The molecule has 0 aliphatic rings. The van der Waals surface area contributed by atoms with Gasteiger partial charge in [0.1, 0.15) is 0 Å². The average Bonchev–Trinajstić information content (AvgIpc) is 2.62. The highest BCUT2D eigenvalue weighted by Gasteiger charge is 2.14. The summed E-state index contributed by atoms with van der Waals surface area (Å²) in [5.74, 6) is -0.478. The van der Waals surface area contributed by atoms with Gasteiger partial charge in [-0.3, -0.25) is 4.79 Å². The van der Waals surface area contributed by atoms with E-state index in [1.54, 1.807) is 6.07 Å². The highest BCUT2D eigenvalue weighted by atomic mass is 16.1. The number of rotatable bonds is 3. The van der Waals surface area contributed by atoms with Crippen molar-refractivity contribution in [2.45, 2.75) is 0 Å². The Morgan fingerprint density at radius 3 is 2.33 bits per heavy atom. The summed E-state index contributed by atoms with van der Waals surface area (Å²) in [6.45, 7) is 0.